The van der Waals surface area contributed by atoms with Crippen molar-refractivity contribution >= 4 is 5.97 Å². The lowest BCUT2D eigenvalue weighted by molar-refractivity contribution is -0.142. The van der Waals surface area contributed by atoms with Crippen LogP contribution in [0.1, 0.15) is 46.0 Å². The Kier molecular flexibility index (Phi) is 4.85. The molecule has 1 aliphatic carbocycles. The Hall–Kier alpha value is -0.610. The molecule has 1 unspecified atom stereocenters. The summed E-state index contributed by atoms with van der Waals surface area (Å²) in [6.45, 7) is 7.61. The van der Waals surface area contributed by atoms with Crippen molar-refractivity contribution in [3.05, 3.63) is 0 Å². The maximum Gasteiger partial charge on any atom is 0.307 e. The molecule has 0 bridgehead atoms. The van der Waals surface area contributed by atoms with E-state index in [0.717, 1.165) is 19.6 Å². The summed E-state index contributed by atoms with van der Waals surface area (Å²) in [5, 5.41) is 3.52. The topological polar surface area (TPSA) is 41.6 Å². The number of nitrogens with one attached hydrogen (secondary N) is 1. The normalized spacial score (nSPS) is 29.1. The Labute approximate surface area is 116 Å². The molecule has 110 valence electrons. The van der Waals surface area contributed by atoms with E-state index in [0.29, 0.717) is 12.5 Å². The second-order valence-electron chi connectivity index (χ2n) is 6.84. The number of nitrogens with zero attached hydrogens (tertiary/aromatic N) is 1. The van der Waals surface area contributed by atoms with E-state index in [4.69, 9.17) is 4.74 Å². The quantitative estimate of drug-likeness (QED) is 0.792. The Morgan fingerprint density at radius 1 is 1.37 bits per heavy atom. The van der Waals surface area contributed by atoms with Gasteiger partial charge < -0.3 is 10.1 Å². The van der Waals surface area contributed by atoms with Crippen molar-refractivity contribution in [1.29, 1.82) is 0 Å². The van der Waals surface area contributed by atoms with Crippen molar-refractivity contribution in [3.63, 3.8) is 0 Å². The average Bonchev–Trinajstić information content (AvgIpc) is 2.83. The molecule has 1 atom stereocenters. The summed E-state index contributed by atoms with van der Waals surface area (Å²) in [5.41, 5.74) is 0.271. The van der Waals surface area contributed by atoms with Crippen LogP contribution < -0.4 is 5.32 Å². The molecule has 4 nitrogen and oxygen atoms in total. The first kappa shape index (κ1) is 14.8. The lowest BCUT2D eigenvalue weighted by atomic mass is 9.92. The highest BCUT2D eigenvalue weighted by atomic mass is 16.5. The van der Waals surface area contributed by atoms with E-state index >= 15 is 0 Å². The van der Waals surface area contributed by atoms with Crippen LogP contribution in [0.2, 0.25) is 0 Å². The molecule has 4 heteroatoms. The third-order valence-corrected chi connectivity index (χ3v) is 4.49. The van der Waals surface area contributed by atoms with E-state index < -0.39 is 0 Å². The van der Waals surface area contributed by atoms with Crippen LogP contribution in [0, 0.1) is 5.41 Å². The maximum absolute atomic E-state index is 11.6. The first-order valence-electron chi connectivity index (χ1n) is 7.55. The zero-order chi connectivity index (χ0) is 13.9. The molecule has 0 radical (unpaired) electrons. The minimum absolute atomic E-state index is 0.0884. The highest BCUT2D eigenvalue weighted by Gasteiger charge is 2.36. The van der Waals surface area contributed by atoms with E-state index in [9.17, 15) is 4.79 Å². The molecule has 1 saturated carbocycles. The van der Waals surface area contributed by atoms with E-state index in [1.807, 2.05) is 0 Å². The molecule has 2 aliphatic rings. The fraction of sp³-hybridized carbons (Fsp3) is 0.933. The van der Waals surface area contributed by atoms with Gasteiger partial charge >= 0.3 is 5.97 Å². The number of hydrogen-bond acceptors (Lipinski definition) is 4. The van der Waals surface area contributed by atoms with Gasteiger partial charge in [0.25, 0.3) is 0 Å². The maximum atomic E-state index is 11.6. The molecule has 1 heterocycles. The van der Waals surface area contributed by atoms with E-state index in [2.05, 4.69) is 24.1 Å². The van der Waals surface area contributed by atoms with Crippen LogP contribution in [0.15, 0.2) is 0 Å². The molecule has 0 spiro atoms. The monoisotopic (exact) mass is 268 g/mol. The van der Waals surface area contributed by atoms with Crippen LogP contribution in [0.3, 0.4) is 0 Å². The van der Waals surface area contributed by atoms with Crippen molar-refractivity contribution in [3.8, 4) is 0 Å². The molecule has 2 fully saturated rings. The van der Waals surface area contributed by atoms with Gasteiger partial charge in [0.15, 0.2) is 0 Å². The van der Waals surface area contributed by atoms with Gasteiger partial charge in [-0.15, -0.1) is 0 Å². The number of carbonyl (C=O) groups is 1. The standard InChI is InChI=1S/C15H28N2O2/c1-15(2)10-16-9-13(8-14(18)19-3)17(11-15)12-6-4-5-7-12/h12-13,16H,4-11H2,1-3H3. The van der Waals surface area contributed by atoms with Crippen LogP contribution in [0.5, 0.6) is 0 Å². The van der Waals surface area contributed by atoms with Gasteiger partial charge in [-0.3, -0.25) is 9.69 Å². The molecule has 0 aromatic heterocycles. The highest BCUT2D eigenvalue weighted by Crippen LogP contribution is 2.30. The number of hydrogen-bond donors (Lipinski definition) is 1. The largest absolute Gasteiger partial charge is 0.469 e. The van der Waals surface area contributed by atoms with Crippen LogP contribution in [-0.2, 0) is 9.53 Å². The third kappa shape index (κ3) is 3.93. The van der Waals surface area contributed by atoms with Gasteiger partial charge in [-0.05, 0) is 18.3 Å². The third-order valence-electron chi connectivity index (χ3n) is 4.49. The van der Waals surface area contributed by atoms with Crippen LogP contribution in [0.25, 0.3) is 0 Å². The molecular weight excluding hydrogens is 240 g/mol. The van der Waals surface area contributed by atoms with Gasteiger partial charge in [0.1, 0.15) is 0 Å². The van der Waals surface area contributed by atoms with Crippen molar-refractivity contribution < 1.29 is 9.53 Å². The SMILES string of the molecule is COC(=O)CC1CNCC(C)(C)CN1C1CCCC1. The molecule has 1 aliphatic heterocycles. The van der Waals surface area contributed by atoms with Crippen LogP contribution in [0.4, 0.5) is 0 Å². The molecule has 2 rings (SSSR count). The fourth-order valence-electron chi connectivity index (χ4n) is 3.50. The minimum atomic E-state index is -0.0884. The van der Waals surface area contributed by atoms with Crippen molar-refractivity contribution in [2.24, 2.45) is 5.41 Å². The van der Waals surface area contributed by atoms with Crippen molar-refractivity contribution in [2.75, 3.05) is 26.7 Å². The summed E-state index contributed by atoms with van der Waals surface area (Å²) in [7, 11) is 1.48. The Bertz CT molecular complexity index is 311. The summed E-state index contributed by atoms with van der Waals surface area (Å²) >= 11 is 0. The van der Waals surface area contributed by atoms with E-state index in [1.54, 1.807) is 0 Å². The van der Waals surface area contributed by atoms with Gasteiger partial charge in [-0.1, -0.05) is 26.7 Å². The first-order chi connectivity index (χ1) is 9.02. The number of ether oxygens (including phenoxy) is 1. The fourth-order valence-corrected chi connectivity index (χ4v) is 3.50. The summed E-state index contributed by atoms with van der Waals surface area (Å²) < 4.78 is 4.86. The lowest BCUT2D eigenvalue weighted by Crippen LogP contribution is -2.48. The van der Waals surface area contributed by atoms with Gasteiger partial charge in [0.05, 0.1) is 13.5 Å². The molecule has 0 aromatic carbocycles. The minimum Gasteiger partial charge on any atom is -0.469 e. The Morgan fingerprint density at radius 3 is 2.68 bits per heavy atom. The van der Waals surface area contributed by atoms with Gasteiger partial charge in [0.2, 0.25) is 0 Å². The van der Waals surface area contributed by atoms with Crippen LogP contribution >= 0.6 is 0 Å². The molecule has 1 N–H and O–H groups in total. The second-order valence-corrected chi connectivity index (χ2v) is 6.84. The predicted octanol–water partition coefficient (Wildman–Crippen LogP) is 1.79. The molecular formula is C15H28N2O2. The predicted molar refractivity (Wildman–Crippen MR) is 76.0 cm³/mol. The molecule has 1 saturated heterocycles. The zero-order valence-electron chi connectivity index (χ0n) is 12.6. The van der Waals surface area contributed by atoms with Gasteiger partial charge in [-0.2, -0.15) is 0 Å². The molecule has 0 amide bonds. The van der Waals surface area contributed by atoms with E-state index in [1.165, 1.54) is 32.8 Å². The number of esters is 1. The second kappa shape index (κ2) is 6.23. The zero-order valence-corrected chi connectivity index (χ0v) is 12.6. The molecule has 0 aromatic rings. The van der Waals surface area contributed by atoms with Crippen LogP contribution in [-0.4, -0.2) is 49.7 Å². The number of carbonyl (C=O) groups excluding carboxylic acids is 1. The average molecular weight is 268 g/mol. The number of methoxy groups -OCH3 is 1. The highest BCUT2D eigenvalue weighted by molar-refractivity contribution is 5.70. The summed E-state index contributed by atoms with van der Waals surface area (Å²) in [5.74, 6) is -0.0884. The van der Waals surface area contributed by atoms with Crippen molar-refractivity contribution in [2.45, 2.75) is 58.0 Å². The summed E-state index contributed by atoms with van der Waals surface area (Å²) in [4.78, 5) is 14.2. The smallest absolute Gasteiger partial charge is 0.307 e. The number of rotatable bonds is 3. The lowest BCUT2D eigenvalue weighted by Gasteiger charge is -2.38. The Balaban J connectivity index is 2.09. The summed E-state index contributed by atoms with van der Waals surface area (Å²) in [6, 6.07) is 0.950. The molecule has 19 heavy (non-hydrogen) atoms. The van der Waals surface area contributed by atoms with Gasteiger partial charge in [0, 0.05) is 31.7 Å². The first-order valence-corrected chi connectivity index (χ1v) is 7.55. The Morgan fingerprint density at radius 2 is 2.05 bits per heavy atom. The van der Waals surface area contributed by atoms with Crippen molar-refractivity contribution in [1.82, 2.24) is 10.2 Å². The van der Waals surface area contributed by atoms with Gasteiger partial charge in [-0.25, -0.2) is 0 Å². The summed E-state index contributed by atoms with van der Waals surface area (Å²) in [6.07, 6.45) is 5.75. The van der Waals surface area contributed by atoms with E-state index in [-0.39, 0.29) is 17.4 Å².